The normalized spacial score (nSPS) is 21.7. The molecule has 1 unspecified atom stereocenters. The van der Waals surface area contributed by atoms with E-state index in [-0.39, 0.29) is 21.9 Å². The first-order valence-electron chi connectivity index (χ1n) is 11.4. The van der Waals surface area contributed by atoms with Crippen molar-refractivity contribution in [3.63, 3.8) is 0 Å². The summed E-state index contributed by atoms with van der Waals surface area (Å²) in [6, 6.07) is 10.4. The van der Waals surface area contributed by atoms with E-state index in [1.807, 2.05) is 44.4 Å². The van der Waals surface area contributed by atoms with Gasteiger partial charge in [0.15, 0.2) is 5.78 Å². The average Bonchev–Trinajstić information content (AvgIpc) is 2.78. The molecule has 0 saturated carbocycles. The van der Waals surface area contributed by atoms with Gasteiger partial charge >= 0.3 is 6.18 Å². The second-order valence-corrected chi connectivity index (χ2v) is 11.3. The topological polar surface area (TPSA) is 58.5 Å². The van der Waals surface area contributed by atoms with Crippen LogP contribution in [0.25, 0.3) is 0 Å². The molecule has 0 bridgehead atoms. The van der Waals surface area contributed by atoms with Crippen LogP contribution < -0.4 is 5.32 Å². The summed E-state index contributed by atoms with van der Waals surface area (Å²) in [7, 11) is 0. The van der Waals surface area contributed by atoms with E-state index in [4.69, 9.17) is 11.6 Å². The van der Waals surface area contributed by atoms with E-state index in [1.165, 1.54) is 0 Å². The number of carbonyl (C=O) groups excluding carboxylic acids is 2. The number of anilines is 1. The summed E-state index contributed by atoms with van der Waals surface area (Å²) >= 11 is 7.71. The van der Waals surface area contributed by atoms with Gasteiger partial charge in [-0.15, -0.1) is 11.8 Å². The van der Waals surface area contributed by atoms with Gasteiger partial charge in [0.25, 0.3) is 0 Å². The van der Waals surface area contributed by atoms with E-state index >= 15 is 0 Å². The van der Waals surface area contributed by atoms with Gasteiger partial charge in [0, 0.05) is 34.2 Å². The van der Waals surface area contributed by atoms with Gasteiger partial charge in [-0.1, -0.05) is 37.6 Å². The SMILES string of the molecule is CSc1ccc([C@@H]2C3=C(CC(C)(C)CC3=O)N=C(C)C2C(=O)Nc2cc(C(F)(F)F)ccc2Cl)cc1. The number of benzene rings is 2. The van der Waals surface area contributed by atoms with E-state index < -0.39 is 29.5 Å². The van der Waals surface area contributed by atoms with Crippen LogP contribution in [-0.4, -0.2) is 23.7 Å². The third-order valence-corrected chi connectivity index (χ3v) is 7.68. The Labute approximate surface area is 217 Å². The highest BCUT2D eigenvalue weighted by Gasteiger charge is 2.45. The molecule has 36 heavy (non-hydrogen) atoms. The van der Waals surface area contributed by atoms with Gasteiger partial charge < -0.3 is 5.32 Å². The fourth-order valence-electron chi connectivity index (χ4n) is 4.96. The summed E-state index contributed by atoms with van der Waals surface area (Å²) in [6.07, 6.45) is -1.71. The van der Waals surface area contributed by atoms with Crippen molar-refractivity contribution < 1.29 is 22.8 Å². The molecule has 2 aromatic rings. The molecule has 0 aromatic heterocycles. The van der Waals surface area contributed by atoms with Gasteiger partial charge in [-0.3, -0.25) is 14.6 Å². The lowest BCUT2D eigenvalue weighted by Crippen LogP contribution is -2.41. The van der Waals surface area contributed by atoms with E-state index in [0.717, 1.165) is 28.7 Å². The highest BCUT2D eigenvalue weighted by Crippen LogP contribution is 2.48. The molecule has 4 rings (SSSR count). The summed E-state index contributed by atoms with van der Waals surface area (Å²) in [5, 5.41) is 2.57. The Bertz CT molecular complexity index is 1280. The number of carbonyl (C=O) groups is 2. The smallest absolute Gasteiger partial charge is 0.324 e. The molecule has 9 heteroatoms. The number of rotatable bonds is 4. The molecule has 2 aromatic carbocycles. The maximum atomic E-state index is 13.6. The molecule has 1 amide bonds. The van der Waals surface area contributed by atoms with Crippen LogP contribution in [-0.2, 0) is 15.8 Å². The quantitative estimate of drug-likeness (QED) is 0.412. The minimum Gasteiger partial charge on any atom is -0.324 e. The third-order valence-electron chi connectivity index (χ3n) is 6.61. The van der Waals surface area contributed by atoms with Crippen molar-refractivity contribution in [1.82, 2.24) is 0 Å². The van der Waals surface area contributed by atoms with Crippen molar-refractivity contribution in [3.05, 3.63) is 69.9 Å². The zero-order valence-corrected chi connectivity index (χ0v) is 21.9. The predicted octanol–water partition coefficient (Wildman–Crippen LogP) is 7.54. The summed E-state index contributed by atoms with van der Waals surface area (Å²) in [5.74, 6) is -2.13. The van der Waals surface area contributed by atoms with Crippen molar-refractivity contribution in [3.8, 4) is 0 Å². The van der Waals surface area contributed by atoms with Crippen LogP contribution in [0.15, 0.2) is 63.6 Å². The monoisotopic (exact) mass is 534 g/mol. The van der Waals surface area contributed by atoms with Crippen LogP contribution in [0.3, 0.4) is 0 Å². The van der Waals surface area contributed by atoms with Gasteiger partial charge in [0.2, 0.25) is 5.91 Å². The number of allylic oxidation sites excluding steroid dienone is 2. The lowest BCUT2D eigenvalue weighted by atomic mass is 9.66. The number of halogens is 4. The van der Waals surface area contributed by atoms with Crippen LogP contribution in [0.2, 0.25) is 5.02 Å². The Kier molecular flexibility index (Phi) is 7.14. The average molecular weight is 535 g/mol. The molecular weight excluding hydrogens is 509 g/mol. The maximum absolute atomic E-state index is 13.6. The van der Waals surface area contributed by atoms with Crippen molar-refractivity contribution >= 4 is 46.5 Å². The first-order valence-corrected chi connectivity index (χ1v) is 13.0. The molecule has 190 valence electrons. The van der Waals surface area contributed by atoms with E-state index in [2.05, 4.69) is 10.3 Å². The number of aliphatic imine (C=N–C) groups is 1. The lowest BCUT2D eigenvalue weighted by molar-refractivity contribution is -0.137. The van der Waals surface area contributed by atoms with Crippen LogP contribution in [0.1, 0.15) is 50.7 Å². The van der Waals surface area contributed by atoms with Gasteiger partial charge in [-0.05, 0) is 60.9 Å². The van der Waals surface area contributed by atoms with Gasteiger partial charge in [0.1, 0.15) is 0 Å². The summed E-state index contributed by atoms with van der Waals surface area (Å²) in [4.78, 5) is 32.7. The fourth-order valence-corrected chi connectivity index (χ4v) is 5.54. The predicted molar refractivity (Wildman–Crippen MR) is 138 cm³/mol. The van der Waals surface area contributed by atoms with Crippen LogP contribution >= 0.6 is 23.4 Å². The molecule has 2 aliphatic rings. The Morgan fingerprint density at radius 3 is 2.42 bits per heavy atom. The van der Waals surface area contributed by atoms with Crippen LogP contribution in [0.4, 0.5) is 18.9 Å². The number of hydrogen-bond donors (Lipinski definition) is 1. The molecule has 1 aliphatic heterocycles. The third kappa shape index (κ3) is 5.25. The number of ketones is 1. The number of thioether (sulfide) groups is 1. The fraction of sp³-hybridized carbons (Fsp3) is 0.370. The summed E-state index contributed by atoms with van der Waals surface area (Å²) in [6.45, 7) is 5.74. The molecule has 0 spiro atoms. The Hall–Kier alpha value is -2.58. The Morgan fingerprint density at radius 1 is 1.14 bits per heavy atom. The van der Waals surface area contributed by atoms with Crippen molar-refractivity contribution in [2.75, 3.05) is 11.6 Å². The highest BCUT2D eigenvalue weighted by atomic mass is 35.5. The molecule has 0 radical (unpaired) electrons. The molecule has 0 fully saturated rings. The Morgan fingerprint density at radius 2 is 1.81 bits per heavy atom. The molecule has 0 saturated heterocycles. The lowest BCUT2D eigenvalue weighted by Gasteiger charge is -2.39. The maximum Gasteiger partial charge on any atom is 0.416 e. The molecule has 1 aliphatic carbocycles. The first-order chi connectivity index (χ1) is 16.8. The largest absolute Gasteiger partial charge is 0.416 e. The Balaban J connectivity index is 1.78. The van der Waals surface area contributed by atoms with Gasteiger partial charge in [-0.25, -0.2) is 0 Å². The van der Waals surface area contributed by atoms with Crippen molar-refractivity contribution in [1.29, 1.82) is 0 Å². The highest BCUT2D eigenvalue weighted by molar-refractivity contribution is 7.98. The van der Waals surface area contributed by atoms with Crippen LogP contribution in [0.5, 0.6) is 0 Å². The van der Waals surface area contributed by atoms with Gasteiger partial charge in [-0.2, -0.15) is 13.2 Å². The molecule has 1 heterocycles. The molecule has 4 nitrogen and oxygen atoms in total. The minimum atomic E-state index is -4.59. The summed E-state index contributed by atoms with van der Waals surface area (Å²) in [5.41, 5.74) is 1.14. The number of amides is 1. The number of Topliss-reactive ketones (excluding diaryl/α,β-unsaturated/α-hetero) is 1. The number of hydrogen-bond acceptors (Lipinski definition) is 4. The van der Waals surface area contributed by atoms with Gasteiger partial charge in [0.05, 0.1) is 22.2 Å². The van der Waals surface area contributed by atoms with E-state index in [9.17, 15) is 22.8 Å². The zero-order chi connectivity index (χ0) is 26.4. The van der Waals surface area contributed by atoms with E-state index in [1.54, 1.807) is 18.7 Å². The molecule has 1 N–H and O–H groups in total. The number of alkyl halides is 3. The molecule has 2 atom stereocenters. The van der Waals surface area contributed by atoms with Crippen molar-refractivity contribution in [2.24, 2.45) is 16.3 Å². The van der Waals surface area contributed by atoms with Crippen molar-refractivity contribution in [2.45, 2.75) is 50.6 Å². The number of nitrogens with one attached hydrogen (secondary N) is 1. The molecular formula is C27H26ClF3N2O2S. The van der Waals surface area contributed by atoms with E-state index in [0.29, 0.717) is 29.8 Å². The standard InChI is InChI=1S/C27H26ClF3N2O2S/c1-14-22(25(35)33-19-11-16(27(29,30)31)7-10-18(19)28)23(15-5-8-17(36-4)9-6-15)24-20(32-14)12-26(2,3)13-21(24)34/h5-11,22-23H,12-13H2,1-4H3,(H,33,35)/t22?,23-/m0/s1. The first kappa shape index (κ1) is 26.5. The second kappa shape index (κ2) is 9.71. The second-order valence-electron chi connectivity index (χ2n) is 9.96. The van der Waals surface area contributed by atoms with Crippen LogP contribution in [0, 0.1) is 11.3 Å². The minimum absolute atomic E-state index is 0.0157. The summed E-state index contributed by atoms with van der Waals surface area (Å²) < 4.78 is 39.8. The number of nitrogens with zero attached hydrogens (tertiary/aromatic N) is 1. The zero-order valence-electron chi connectivity index (χ0n) is 20.3.